The summed E-state index contributed by atoms with van der Waals surface area (Å²) in [6.45, 7) is 9.10. The van der Waals surface area contributed by atoms with E-state index in [1.165, 1.54) is 4.68 Å². The number of rotatable bonds is 5. The fourth-order valence-electron chi connectivity index (χ4n) is 3.12. The van der Waals surface area contributed by atoms with E-state index < -0.39 is 0 Å². The Morgan fingerprint density at radius 2 is 1.74 bits per heavy atom. The fourth-order valence-corrected chi connectivity index (χ4v) is 4.18. The first-order valence-electron chi connectivity index (χ1n) is 9.83. The first-order valence-corrected chi connectivity index (χ1v) is 10.6. The molecule has 2 amide bonds. The maximum absolute atomic E-state index is 13.0. The Morgan fingerprint density at radius 3 is 2.42 bits per heavy atom. The topological polar surface area (TPSA) is 106 Å². The lowest BCUT2D eigenvalue weighted by atomic mass is 10.1. The summed E-state index contributed by atoms with van der Waals surface area (Å²) in [6, 6.07) is 6.80. The van der Waals surface area contributed by atoms with Gasteiger partial charge >= 0.3 is 0 Å². The molecule has 3 rings (SSSR count). The molecule has 2 aromatic heterocycles. The normalized spacial score (nSPS) is 10.9. The summed E-state index contributed by atoms with van der Waals surface area (Å²) in [7, 11) is 1.59. The minimum Gasteiger partial charge on any atom is -0.350 e. The Balaban J connectivity index is 1.96. The molecule has 9 heteroatoms. The molecule has 31 heavy (non-hydrogen) atoms. The van der Waals surface area contributed by atoms with E-state index in [0.717, 1.165) is 22.6 Å². The van der Waals surface area contributed by atoms with E-state index in [0.29, 0.717) is 32.4 Å². The van der Waals surface area contributed by atoms with Crippen molar-refractivity contribution in [3.05, 3.63) is 62.0 Å². The van der Waals surface area contributed by atoms with Gasteiger partial charge in [-0.15, -0.1) is 11.3 Å². The molecular weight excluding hydrogens is 414 g/mol. The number of amides is 2. The first-order chi connectivity index (χ1) is 14.6. The molecule has 2 N–H and O–H groups in total. The lowest BCUT2D eigenvalue weighted by molar-refractivity contribution is 0.0944. The number of thiazole rings is 1. The second-order valence-corrected chi connectivity index (χ2v) is 8.57. The third-order valence-electron chi connectivity index (χ3n) is 4.78. The van der Waals surface area contributed by atoms with Crippen LogP contribution in [0.4, 0.5) is 5.69 Å². The Kier molecular flexibility index (Phi) is 6.35. The lowest BCUT2D eigenvalue weighted by Gasteiger charge is -2.12. The van der Waals surface area contributed by atoms with Gasteiger partial charge in [-0.1, -0.05) is 12.1 Å². The molecule has 162 valence electrons. The largest absolute Gasteiger partial charge is 0.350 e. The Morgan fingerprint density at radius 1 is 1.06 bits per heavy atom. The van der Waals surface area contributed by atoms with Crippen molar-refractivity contribution >= 4 is 28.8 Å². The molecule has 1 aromatic carbocycles. The number of para-hydroxylation sites is 1. The Bertz CT molecular complexity index is 1230. The van der Waals surface area contributed by atoms with Crippen molar-refractivity contribution in [2.75, 3.05) is 5.32 Å². The van der Waals surface area contributed by atoms with Crippen LogP contribution in [-0.2, 0) is 7.05 Å². The zero-order valence-corrected chi connectivity index (χ0v) is 19.2. The molecule has 0 bridgehead atoms. The van der Waals surface area contributed by atoms with Crippen molar-refractivity contribution in [3.63, 3.8) is 0 Å². The van der Waals surface area contributed by atoms with Gasteiger partial charge in [0.25, 0.3) is 17.4 Å². The smallest absolute Gasteiger partial charge is 0.277 e. The first kappa shape index (κ1) is 22.4. The predicted octanol–water partition coefficient (Wildman–Crippen LogP) is 3.22. The molecule has 0 radical (unpaired) electrons. The number of hydrogen-bond acceptors (Lipinski definition) is 6. The van der Waals surface area contributed by atoms with Gasteiger partial charge in [-0.2, -0.15) is 5.10 Å². The van der Waals surface area contributed by atoms with Gasteiger partial charge in [0.2, 0.25) is 0 Å². The van der Waals surface area contributed by atoms with Gasteiger partial charge in [0.05, 0.1) is 28.2 Å². The van der Waals surface area contributed by atoms with Gasteiger partial charge < -0.3 is 10.6 Å². The molecule has 0 unspecified atom stereocenters. The van der Waals surface area contributed by atoms with Crippen LogP contribution in [0, 0.1) is 20.8 Å². The average molecular weight is 440 g/mol. The van der Waals surface area contributed by atoms with Crippen LogP contribution in [-0.4, -0.2) is 32.6 Å². The number of benzene rings is 1. The Labute approximate surface area is 184 Å². The van der Waals surface area contributed by atoms with Crippen LogP contribution in [0.1, 0.15) is 50.8 Å². The van der Waals surface area contributed by atoms with Crippen molar-refractivity contribution in [3.8, 4) is 10.6 Å². The predicted molar refractivity (Wildman–Crippen MR) is 122 cm³/mol. The molecule has 0 saturated heterocycles. The summed E-state index contributed by atoms with van der Waals surface area (Å²) < 4.78 is 1.28. The van der Waals surface area contributed by atoms with Crippen molar-refractivity contribution < 1.29 is 9.59 Å². The van der Waals surface area contributed by atoms with Crippen molar-refractivity contribution in [1.82, 2.24) is 20.1 Å². The van der Waals surface area contributed by atoms with E-state index in [1.807, 2.05) is 27.7 Å². The van der Waals surface area contributed by atoms with Crippen LogP contribution >= 0.6 is 11.3 Å². The second-order valence-electron chi connectivity index (χ2n) is 7.58. The van der Waals surface area contributed by atoms with Gasteiger partial charge in [0.15, 0.2) is 0 Å². The number of nitrogens with zero attached hydrogens (tertiary/aromatic N) is 3. The number of anilines is 1. The summed E-state index contributed by atoms with van der Waals surface area (Å²) in [5, 5.41) is 10.3. The summed E-state index contributed by atoms with van der Waals surface area (Å²) >= 11 is 1.15. The molecular formula is C22H25N5O3S. The standard InChI is InChI=1S/C22H25N5O3S/c1-11(2)23-19(28)15-9-7-8-10-16(15)25-20(29)18-14(5)24-21(31-18)17-12(3)13(4)26-27(6)22(17)30/h7-11H,1-6H3,(H,23,28)(H,25,29). The maximum Gasteiger partial charge on any atom is 0.277 e. The summed E-state index contributed by atoms with van der Waals surface area (Å²) in [4.78, 5) is 43.0. The molecule has 3 aromatic rings. The van der Waals surface area contributed by atoms with Crippen LogP contribution in [0.15, 0.2) is 29.1 Å². The second kappa shape index (κ2) is 8.81. The lowest BCUT2D eigenvalue weighted by Crippen LogP contribution is -2.31. The molecule has 0 spiro atoms. The SMILES string of the molecule is Cc1nc(-c2c(C)c(C)nn(C)c2=O)sc1C(=O)Nc1ccccc1C(=O)NC(C)C. The maximum atomic E-state index is 13.0. The van der Waals surface area contributed by atoms with E-state index in [-0.39, 0.29) is 23.4 Å². The van der Waals surface area contributed by atoms with E-state index in [1.54, 1.807) is 38.2 Å². The van der Waals surface area contributed by atoms with Crippen molar-refractivity contribution in [1.29, 1.82) is 0 Å². The van der Waals surface area contributed by atoms with Crippen LogP contribution in [0.5, 0.6) is 0 Å². The summed E-state index contributed by atoms with van der Waals surface area (Å²) in [6.07, 6.45) is 0. The van der Waals surface area contributed by atoms with Gasteiger partial charge in [-0.3, -0.25) is 14.4 Å². The molecule has 8 nitrogen and oxygen atoms in total. The highest BCUT2D eigenvalue weighted by Gasteiger charge is 2.22. The fraction of sp³-hybridized carbons (Fsp3) is 0.318. The van der Waals surface area contributed by atoms with Crippen LogP contribution in [0.25, 0.3) is 10.6 Å². The average Bonchev–Trinajstić information content (AvgIpc) is 3.08. The van der Waals surface area contributed by atoms with Gasteiger partial charge in [-0.05, 0) is 52.3 Å². The van der Waals surface area contributed by atoms with Crippen molar-refractivity contribution in [2.24, 2.45) is 7.05 Å². The number of carbonyl (C=O) groups excluding carboxylic acids is 2. The molecule has 0 saturated carbocycles. The highest BCUT2D eigenvalue weighted by Crippen LogP contribution is 2.29. The number of carbonyl (C=O) groups is 2. The number of aryl methyl sites for hydroxylation is 3. The number of aromatic nitrogens is 3. The van der Waals surface area contributed by atoms with E-state index in [4.69, 9.17) is 0 Å². The highest BCUT2D eigenvalue weighted by atomic mass is 32.1. The Hall–Kier alpha value is -3.33. The van der Waals surface area contributed by atoms with Crippen LogP contribution in [0.2, 0.25) is 0 Å². The third kappa shape index (κ3) is 4.56. The molecule has 0 fully saturated rings. The summed E-state index contributed by atoms with van der Waals surface area (Å²) in [5.41, 5.74) is 2.93. The molecule has 0 aliphatic rings. The zero-order valence-electron chi connectivity index (χ0n) is 18.4. The zero-order chi connectivity index (χ0) is 22.9. The van der Waals surface area contributed by atoms with Gasteiger partial charge in [0, 0.05) is 13.1 Å². The monoisotopic (exact) mass is 439 g/mol. The highest BCUT2D eigenvalue weighted by molar-refractivity contribution is 7.17. The number of hydrogen-bond donors (Lipinski definition) is 2. The third-order valence-corrected chi connectivity index (χ3v) is 5.96. The van der Waals surface area contributed by atoms with E-state index in [9.17, 15) is 14.4 Å². The van der Waals surface area contributed by atoms with Gasteiger partial charge in [0.1, 0.15) is 9.88 Å². The van der Waals surface area contributed by atoms with Crippen LogP contribution < -0.4 is 16.2 Å². The quantitative estimate of drug-likeness (QED) is 0.635. The minimum absolute atomic E-state index is 0.0303. The summed E-state index contributed by atoms with van der Waals surface area (Å²) in [5.74, 6) is -0.648. The van der Waals surface area contributed by atoms with E-state index in [2.05, 4.69) is 20.7 Å². The van der Waals surface area contributed by atoms with E-state index >= 15 is 0 Å². The molecule has 0 aliphatic heterocycles. The molecule has 0 atom stereocenters. The van der Waals surface area contributed by atoms with Gasteiger partial charge in [-0.25, -0.2) is 9.67 Å². The number of nitrogens with one attached hydrogen (secondary N) is 2. The van der Waals surface area contributed by atoms with Crippen LogP contribution in [0.3, 0.4) is 0 Å². The molecule has 2 heterocycles. The molecule has 0 aliphatic carbocycles. The minimum atomic E-state index is -0.383. The van der Waals surface area contributed by atoms with Crippen molar-refractivity contribution in [2.45, 2.75) is 40.7 Å².